The van der Waals surface area contributed by atoms with Gasteiger partial charge in [0.05, 0.1) is 5.69 Å². The van der Waals surface area contributed by atoms with Crippen LogP contribution in [0.4, 0.5) is 0 Å². The van der Waals surface area contributed by atoms with Crippen LogP contribution in [-0.2, 0) is 0 Å². The molecular formula is C22H22N2O. The van der Waals surface area contributed by atoms with Crippen molar-refractivity contribution in [2.24, 2.45) is 5.92 Å². The first-order chi connectivity index (χ1) is 12.2. The van der Waals surface area contributed by atoms with E-state index in [1.165, 1.54) is 10.8 Å². The number of carbonyl (C=O) groups is 1. The third kappa shape index (κ3) is 3.27. The number of hydrogen-bond donors (Lipinski definition) is 0. The molecule has 2 aromatic carbocycles. The molecule has 3 aromatic rings. The molecule has 3 nitrogen and oxygen atoms in total. The maximum atomic E-state index is 12.8. The molecule has 1 amide bonds. The lowest BCUT2D eigenvalue weighted by Gasteiger charge is -2.30. The van der Waals surface area contributed by atoms with E-state index in [0.29, 0.717) is 11.6 Å². The Bertz CT molecular complexity index is 911. The molecule has 0 atom stereocenters. The van der Waals surface area contributed by atoms with Crippen molar-refractivity contribution < 1.29 is 4.79 Å². The van der Waals surface area contributed by atoms with E-state index >= 15 is 0 Å². The van der Waals surface area contributed by atoms with Crippen LogP contribution in [0, 0.1) is 5.92 Å². The molecule has 1 fully saturated rings. The Labute approximate surface area is 148 Å². The predicted molar refractivity (Wildman–Crippen MR) is 101 cm³/mol. The lowest BCUT2D eigenvalue weighted by Crippen LogP contribution is -2.38. The SMILES string of the molecule is CC1CCN(C(=O)c2cccc(-c3ccc4ccccc4c3)n2)CC1. The molecule has 2 heterocycles. The van der Waals surface area contributed by atoms with E-state index in [0.717, 1.165) is 37.2 Å². The first-order valence-electron chi connectivity index (χ1n) is 8.96. The molecule has 1 aliphatic heterocycles. The van der Waals surface area contributed by atoms with Crippen molar-refractivity contribution in [3.63, 3.8) is 0 Å². The number of fused-ring (bicyclic) bond motifs is 1. The van der Waals surface area contributed by atoms with Crippen molar-refractivity contribution in [1.29, 1.82) is 0 Å². The van der Waals surface area contributed by atoms with Crippen LogP contribution in [0.1, 0.15) is 30.3 Å². The minimum atomic E-state index is 0.0505. The lowest BCUT2D eigenvalue weighted by molar-refractivity contribution is 0.0691. The number of pyridine rings is 1. The number of likely N-dealkylation sites (tertiary alicyclic amines) is 1. The number of hydrogen-bond acceptors (Lipinski definition) is 2. The molecule has 4 rings (SSSR count). The minimum absolute atomic E-state index is 0.0505. The van der Waals surface area contributed by atoms with Crippen LogP contribution in [0.2, 0.25) is 0 Å². The van der Waals surface area contributed by atoms with Crippen LogP contribution >= 0.6 is 0 Å². The molecule has 1 aromatic heterocycles. The summed E-state index contributed by atoms with van der Waals surface area (Å²) >= 11 is 0. The molecule has 0 radical (unpaired) electrons. The molecule has 0 N–H and O–H groups in total. The van der Waals surface area contributed by atoms with Gasteiger partial charge < -0.3 is 4.90 Å². The van der Waals surface area contributed by atoms with Crippen LogP contribution in [0.5, 0.6) is 0 Å². The summed E-state index contributed by atoms with van der Waals surface area (Å²) in [5.74, 6) is 0.760. The normalized spacial score (nSPS) is 15.5. The van der Waals surface area contributed by atoms with Crippen LogP contribution in [0.25, 0.3) is 22.0 Å². The van der Waals surface area contributed by atoms with Gasteiger partial charge in [-0.3, -0.25) is 4.79 Å². The Morgan fingerprint density at radius 1 is 0.960 bits per heavy atom. The summed E-state index contributed by atoms with van der Waals surface area (Å²) in [6.45, 7) is 3.92. The smallest absolute Gasteiger partial charge is 0.272 e. The van der Waals surface area contributed by atoms with Crippen molar-refractivity contribution >= 4 is 16.7 Å². The number of nitrogens with zero attached hydrogens (tertiary/aromatic N) is 2. The number of rotatable bonds is 2. The van der Waals surface area contributed by atoms with Crippen LogP contribution in [0.15, 0.2) is 60.7 Å². The summed E-state index contributed by atoms with van der Waals surface area (Å²) in [7, 11) is 0. The molecule has 0 saturated carbocycles. The Hall–Kier alpha value is -2.68. The van der Waals surface area contributed by atoms with E-state index in [4.69, 9.17) is 0 Å². The molecule has 0 bridgehead atoms. The number of carbonyl (C=O) groups excluding carboxylic acids is 1. The van der Waals surface area contributed by atoms with Crippen LogP contribution in [-0.4, -0.2) is 28.9 Å². The summed E-state index contributed by atoms with van der Waals surface area (Å²) in [5, 5.41) is 2.39. The zero-order valence-corrected chi connectivity index (χ0v) is 14.5. The number of amides is 1. The van der Waals surface area contributed by atoms with Gasteiger partial charge in [0.15, 0.2) is 0 Å². The molecule has 1 saturated heterocycles. The number of benzene rings is 2. The zero-order valence-electron chi connectivity index (χ0n) is 14.5. The highest BCUT2D eigenvalue weighted by atomic mass is 16.2. The van der Waals surface area contributed by atoms with Crippen molar-refractivity contribution in [3.8, 4) is 11.3 Å². The second-order valence-electron chi connectivity index (χ2n) is 6.94. The van der Waals surface area contributed by atoms with Gasteiger partial charge in [-0.25, -0.2) is 4.98 Å². The first kappa shape index (κ1) is 15.8. The number of aromatic nitrogens is 1. The summed E-state index contributed by atoms with van der Waals surface area (Å²) < 4.78 is 0. The third-order valence-electron chi connectivity index (χ3n) is 5.08. The Morgan fingerprint density at radius 2 is 1.72 bits per heavy atom. The van der Waals surface area contributed by atoms with E-state index in [9.17, 15) is 4.79 Å². The van der Waals surface area contributed by atoms with E-state index in [-0.39, 0.29) is 5.91 Å². The first-order valence-corrected chi connectivity index (χ1v) is 8.96. The Balaban J connectivity index is 1.63. The van der Waals surface area contributed by atoms with Gasteiger partial charge in [0, 0.05) is 18.7 Å². The average molecular weight is 330 g/mol. The van der Waals surface area contributed by atoms with Gasteiger partial charge in [-0.05, 0) is 47.7 Å². The fourth-order valence-corrected chi connectivity index (χ4v) is 3.44. The van der Waals surface area contributed by atoms with Gasteiger partial charge in [-0.1, -0.05) is 49.4 Å². The Morgan fingerprint density at radius 3 is 2.52 bits per heavy atom. The standard InChI is InChI=1S/C22H22N2O/c1-16-11-13-24(14-12-16)22(25)21-8-4-7-20(23-21)19-10-9-17-5-2-3-6-18(17)15-19/h2-10,15-16H,11-14H2,1H3. The monoisotopic (exact) mass is 330 g/mol. The van der Waals surface area contributed by atoms with Gasteiger partial charge >= 0.3 is 0 Å². The second-order valence-corrected chi connectivity index (χ2v) is 6.94. The maximum absolute atomic E-state index is 12.8. The topological polar surface area (TPSA) is 33.2 Å². The van der Waals surface area contributed by atoms with Gasteiger partial charge in [0.25, 0.3) is 5.91 Å². The predicted octanol–water partition coefficient (Wildman–Crippen LogP) is 4.77. The lowest BCUT2D eigenvalue weighted by atomic mass is 9.99. The highest BCUT2D eigenvalue weighted by molar-refractivity contribution is 5.93. The largest absolute Gasteiger partial charge is 0.337 e. The summed E-state index contributed by atoms with van der Waals surface area (Å²) in [6, 6.07) is 20.3. The highest BCUT2D eigenvalue weighted by Gasteiger charge is 2.22. The summed E-state index contributed by atoms with van der Waals surface area (Å²) in [4.78, 5) is 19.4. The van der Waals surface area contributed by atoms with Crippen molar-refractivity contribution in [3.05, 3.63) is 66.4 Å². The van der Waals surface area contributed by atoms with E-state index in [1.54, 1.807) is 0 Å². The van der Waals surface area contributed by atoms with Gasteiger partial charge in [0.2, 0.25) is 0 Å². The summed E-state index contributed by atoms with van der Waals surface area (Å²) in [5.41, 5.74) is 2.43. The average Bonchev–Trinajstić information content (AvgIpc) is 2.68. The molecule has 0 unspecified atom stereocenters. The van der Waals surface area contributed by atoms with E-state index in [2.05, 4.69) is 42.2 Å². The molecule has 0 spiro atoms. The second kappa shape index (κ2) is 6.67. The quantitative estimate of drug-likeness (QED) is 0.678. The fraction of sp³-hybridized carbons (Fsp3) is 0.273. The third-order valence-corrected chi connectivity index (χ3v) is 5.08. The molecular weight excluding hydrogens is 308 g/mol. The van der Waals surface area contributed by atoms with Crippen LogP contribution in [0.3, 0.4) is 0 Å². The maximum Gasteiger partial charge on any atom is 0.272 e. The zero-order chi connectivity index (χ0) is 17.2. The van der Waals surface area contributed by atoms with Crippen molar-refractivity contribution in [2.45, 2.75) is 19.8 Å². The molecule has 126 valence electrons. The van der Waals surface area contributed by atoms with E-state index < -0.39 is 0 Å². The minimum Gasteiger partial charge on any atom is -0.337 e. The molecule has 1 aliphatic rings. The summed E-state index contributed by atoms with van der Waals surface area (Å²) in [6.07, 6.45) is 2.16. The van der Waals surface area contributed by atoms with Gasteiger partial charge in [-0.2, -0.15) is 0 Å². The van der Waals surface area contributed by atoms with Crippen molar-refractivity contribution in [1.82, 2.24) is 9.88 Å². The molecule has 3 heteroatoms. The Kier molecular flexibility index (Phi) is 4.22. The van der Waals surface area contributed by atoms with Gasteiger partial charge in [-0.15, -0.1) is 0 Å². The van der Waals surface area contributed by atoms with Crippen LogP contribution < -0.4 is 0 Å². The highest BCUT2D eigenvalue weighted by Crippen LogP contribution is 2.24. The van der Waals surface area contributed by atoms with E-state index in [1.807, 2.05) is 35.2 Å². The van der Waals surface area contributed by atoms with Gasteiger partial charge in [0.1, 0.15) is 5.69 Å². The molecule has 0 aliphatic carbocycles. The molecule has 25 heavy (non-hydrogen) atoms. The van der Waals surface area contributed by atoms with Crippen molar-refractivity contribution in [2.75, 3.05) is 13.1 Å². The number of piperidine rings is 1. The fourth-order valence-electron chi connectivity index (χ4n) is 3.44.